The fraction of sp³-hybridized carbons (Fsp3) is 0.0877. The first-order valence-electron chi connectivity index (χ1n) is 21.0. The van der Waals surface area contributed by atoms with E-state index in [-0.39, 0.29) is 5.92 Å². The summed E-state index contributed by atoms with van der Waals surface area (Å²) in [5.74, 6) is 0.191. The van der Waals surface area contributed by atoms with Crippen molar-refractivity contribution in [3.05, 3.63) is 216 Å². The van der Waals surface area contributed by atoms with Gasteiger partial charge in [-0.25, -0.2) is 0 Å². The lowest BCUT2D eigenvalue weighted by Gasteiger charge is -2.21. The fourth-order valence-corrected chi connectivity index (χ4v) is 10.4. The van der Waals surface area contributed by atoms with Crippen LogP contribution in [0.2, 0.25) is 0 Å². The molecule has 12 rings (SSSR count). The molecule has 0 N–H and O–H groups in total. The first-order chi connectivity index (χ1) is 29.3. The fourth-order valence-electron chi connectivity index (χ4n) is 10.4. The second kappa shape index (κ2) is 13.7. The summed E-state index contributed by atoms with van der Waals surface area (Å²) >= 11 is 0. The topological polar surface area (TPSA) is 18.1 Å². The van der Waals surface area contributed by atoms with Crippen molar-refractivity contribution in [3.8, 4) is 39.1 Å². The Balaban J connectivity index is 1.07. The van der Waals surface area contributed by atoms with Gasteiger partial charge in [-0.2, -0.15) is 0 Å². The number of benzene rings is 8. The lowest BCUT2D eigenvalue weighted by Crippen LogP contribution is -2.04. The Morgan fingerprint density at radius 2 is 1.22 bits per heavy atom. The Hall–Kier alpha value is -7.16. The standard InChI is InChI=1S/C57H41NO/c1-3-17-37(18-4-1)40-22-9-12-29-50(40)58-51-30-13-10-25-48(51)55-46(28-16-31-52(55)58)45-27-15-21-39-33-34-43(42-23-7-8-24-44(42)54(39)45)47-36-35-41(38-19-5-2-6-20-38)57-56(47)49-26-11-14-32-53(49)59-57/h1-5,7-19,21-32,35-36,43H,6,20,33-34H2. The first kappa shape index (κ1) is 33.9. The number of nitrogens with zero attached hydrogens (tertiary/aromatic N) is 1. The molecule has 2 aliphatic rings. The molecule has 0 spiro atoms. The van der Waals surface area contributed by atoms with E-state index < -0.39 is 0 Å². The summed E-state index contributed by atoms with van der Waals surface area (Å²) in [6.07, 6.45) is 10.8. The van der Waals surface area contributed by atoms with Crippen LogP contribution < -0.4 is 0 Å². The summed E-state index contributed by atoms with van der Waals surface area (Å²) in [5, 5.41) is 5.00. The first-order valence-corrected chi connectivity index (χ1v) is 21.0. The molecule has 59 heavy (non-hydrogen) atoms. The molecule has 2 aromatic heterocycles. The van der Waals surface area contributed by atoms with E-state index in [1.54, 1.807) is 0 Å². The molecule has 8 aromatic carbocycles. The number of hydrogen-bond acceptors (Lipinski definition) is 1. The molecule has 2 heterocycles. The predicted octanol–water partition coefficient (Wildman–Crippen LogP) is 15.5. The summed E-state index contributed by atoms with van der Waals surface area (Å²) in [6.45, 7) is 0. The molecule has 2 heteroatoms. The van der Waals surface area contributed by atoms with Crippen LogP contribution in [0, 0.1) is 0 Å². The summed E-state index contributed by atoms with van der Waals surface area (Å²) < 4.78 is 9.28. The van der Waals surface area contributed by atoms with Gasteiger partial charge >= 0.3 is 0 Å². The molecule has 0 saturated heterocycles. The van der Waals surface area contributed by atoms with Gasteiger partial charge in [0, 0.05) is 38.6 Å². The van der Waals surface area contributed by atoms with Crippen molar-refractivity contribution in [2.24, 2.45) is 0 Å². The van der Waals surface area contributed by atoms with Crippen LogP contribution in [0.3, 0.4) is 0 Å². The van der Waals surface area contributed by atoms with Crippen molar-refractivity contribution in [2.45, 2.75) is 31.6 Å². The highest BCUT2D eigenvalue weighted by atomic mass is 16.3. The molecular weight excluding hydrogens is 715 g/mol. The maximum Gasteiger partial charge on any atom is 0.143 e. The molecule has 0 bridgehead atoms. The Kier molecular flexibility index (Phi) is 7.91. The third kappa shape index (κ3) is 5.33. The molecule has 1 unspecified atom stereocenters. The maximum absolute atomic E-state index is 6.80. The van der Waals surface area contributed by atoms with Crippen molar-refractivity contribution < 1.29 is 4.42 Å². The molecular formula is C57H41NO. The van der Waals surface area contributed by atoms with E-state index in [9.17, 15) is 0 Å². The van der Waals surface area contributed by atoms with Gasteiger partial charge in [0.15, 0.2) is 0 Å². The van der Waals surface area contributed by atoms with Crippen LogP contribution in [0.5, 0.6) is 0 Å². The highest BCUT2D eigenvalue weighted by molar-refractivity contribution is 6.17. The Morgan fingerprint density at radius 3 is 2.12 bits per heavy atom. The van der Waals surface area contributed by atoms with Gasteiger partial charge < -0.3 is 8.98 Å². The van der Waals surface area contributed by atoms with E-state index in [0.29, 0.717) is 0 Å². The second-order valence-electron chi connectivity index (χ2n) is 16.1. The highest BCUT2D eigenvalue weighted by Gasteiger charge is 2.30. The number of hydrogen-bond donors (Lipinski definition) is 0. The van der Waals surface area contributed by atoms with Crippen LogP contribution in [-0.4, -0.2) is 4.57 Å². The van der Waals surface area contributed by atoms with Gasteiger partial charge in [0.2, 0.25) is 0 Å². The maximum atomic E-state index is 6.80. The summed E-state index contributed by atoms with van der Waals surface area (Å²) in [5.41, 5.74) is 19.9. The zero-order valence-electron chi connectivity index (χ0n) is 32.7. The van der Waals surface area contributed by atoms with E-state index in [4.69, 9.17) is 4.42 Å². The SMILES string of the molecule is C1=CCCC(c2ccc(C3CCc4cccc(-c5cccc6c5c5ccccc5n6-c5ccccc5-c5ccccc5)c4-c4ccccc43)c3c2oc2ccccc23)=C1. The monoisotopic (exact) mass is 755 g/mol. The lowest BCUT2D eigenvalue weighted by atomic mass is 9.82. The normalized spacial score (nSPS) is 15.1. The quantitative estimate of drug-likeness (QED) is 0.171. The van der Waals surface area contributed by atoms with Gasteiger partial charge in [-0.15, -0.1) is 0 Å². The van der Waals surface area contributed by atoms with Gasteiger partial charge in [0.05, 0.1) is 16.7 Å². The Morgan fingerprint density at radius 1 is 0.492 bits per heavy atom. The van der Waals surface area contributed by atoms with Gasteiger partial charge in [-0.3, -0.25) is 0 Å². The summed E-state index contributed by atoms with van der Waals surface area (Å²) in [4.78, 5) is 0. The van der Waals surface area contributed by atoms with Crippen LogP contribution in [0.15, 0.2) is 199 Å². The molecule has 0 amide bonds. The number of allylic oxidation sites excluding steroid dienone is 4. The molecule has 0 radical (unpaired) electrons. The smallest absolute Gasteiger partial charge is 0.143 e. The van der Waals surface area contributed by atoms with Crippen molar-refractivity contribution in [3.63, 3.8) is 0 Å². The van der Waals surface area contributed by atoms with E-state index in [2.05, 4.69) is 199 Å². The number of aryl methyl sites for hydroxylation is 1. The minimum atomic E-state index is 0.191. The van der Waals surface area contributed by atoms with Gasteiger partial charge in [0.25, 0.3) is 0 Å². The van der Waals surface area contributed by atoms with E-state index >= 15 is 0 Å². The minimum Gasteiger partial charge on any atom is -0.455 e. The van der Waals surface area contributed by atoms with Crippen LogP contribution in [-0.2, 0) is 6.42 Å². The van der Waals surface area contributed by atoms with Crippen LogP contribution in [0.4, 0.5) is 0 Å². The minimum absolute atomic E-state index is 0.191. The van der Waals surface area contributed by atoms with Gasteiger partial charge in [-0.05, 0) is 100 Å². The van der Waals surface area contributed by atoms with Crippen LogP contribution in [0.1, 0.15) is 47.4 Å². The van der Waals surface area contributed by atoms with E-state index in [0.717, 1.165) is 36.8 Å². The zero-order chi connectivity index (χ0) is 38.9. The predicted molar refractivity (Wildman–Crippen MR) is 247 cm³/mol. The second-order valence-corrected chi connectivity index (χ2v) is 16.1. The largest absolute Gasteiger partial charge is 0.455 e. The molecule has 2 aliphatic carbocycles. The highest BCUT2D eigenvalue weighted by Crippen LogP contribution is 2.50. The van der Waals surface area contributed by atoms with Crippen LogP contribution >= 0.6 is 0 Å². The number of aromatic nitrogens is 1. The zero-order valence-corrected chi connectivity index (χ0v) is 32.7. The lowest BCUT2D eigenvalue weighted by molar-refractivity contribution is 0.665. The number of rotatable bonds is 5. The number of fused-ring (bicyclic) bond motifs is 9. The van der Waals surface area contributed by atoms with Crippen molar-refractivity contribution in [1.82, 2.24) is 4.57 Å². The average Bonchev–Trinajstić information content (AvgIpc) is 3.81. The summed E-state index contributed by atoms with van der Waals surface area (Å²) in [6, 6.07) is 65.0. The molecule has 10 aromatic rings. The van der Waals surface area contributed by atoms with Crippen molar-refractivity contribution in [1.29, 1.82) is 0 Å². The Labute approximate surface area is 344 Å². The van der Waals surface area contributed by atoms with Gasteiger partial charge in [-0.1, -0.05) is 170 Å². The molecule has 280 valence electrons. The average molecular weight is 756 g/mol. The number of furan rings is 1. The molecule has 1 atom stereocenters. The molecule has 0 saturated carbocycles. The van der Waals surface area contributed by atoms with E-state index in [1.165, 1.54) is 99.5 Å². The van der Waals surface area contributed by atoms with E-state index in [1.807, 2.05) is 0 Å². The molecule has 0 fully saturated rings. The van der Waals surface area contributed by atoms with Crippen molar-refractivity contribution >= 4 is 49.3 Å². The third-order valence-electron chi connectivity index (χ3n) is 13.0. The summed E-state index contributed by atoms with van der Waals surface area (Å²) in [7, 11) is 0. The Bertz CT molecular complexity index is 3340. The van der Waals surface area contributed by atoms with Crippen LogP contribution in [0.25, 0.3) is 88.4 Å². The van der Waals surface area contributed by atoms with Gasteiger partial charge in [0.1, 0.15) is 11.2 Å². The van der Waals surface area contributed by atoms with Crippen molar-refractivity contribution in [2.75, 3.05) is 0 Å². The molecule has 0 aliphatic heterocycles. The third-order valence-corrected chi connectivity index (χ3v) is 13.0. The number of para-hydroxylation sites is 3. The molecule has 2 nitrogen and oxygen atoms in total.